The van der Waals surface area contributed by atoms with E-state index in [0.29, 0.717) is 15.7 Å². The molecule has 2 rings (SSSR count). The number of rotatable bonds is 5. The largest absolute Gasteiger partial charge is 0.368 e. The van der Waals surface area contributed by atoms with E-state index in [9.17, 15) is 9.59 Å². The molecule has 2 aromatic rings. The third-order valence-corrected chi connectivity index (χ3v) is 3.46. The zero-order valence-electron chi connectivity index (χ0n) is 11.4. The summed E-state index contributed by atoms with van der Waals surface area (Å²) in [7, 11) is 0. The maximum atomic E-state index is 12.1. The van der Waals surface area contributed by atoms with Crippen LogP contribution in [0.5, 0.6) is 0 Å². The van der Waals surface area contributed by atoms with Crippen LogP contribution in [0.4, 0.5) is 0 Å². The van der Waals surface area contributed by atoms with Crippen LogP contribution in [-0.2, 0) is 11.2 Å². The highest BCUT2D eigenvalue weighted by molar-refractivity contribution is 6.30. The van der Waals surface area contributed by atoms with Crippen LogP contribution in [-0.4, -0.2) is 22.8 Å². The predicted molar refractivity (Wildman–Crippen MR) is 84.9 cm³/mol. The highest BCUT2D eigenvalue weighted by atomic mass is 35.5. The molecule has 0 radical (unpaired) electrons. The molecule has 1 heterocycles. The van der Waals surface area contributed by atoms with E-state index in [1.54, 1.807) is 36.4 Å². The van der Waals surface area contributed by atoms with Crippen LogP contribution < -0.4 is 11.1 Å². The molecular formula is C15H13Cl2N3O2. The molecule has 0 unspecified atom stereocenters. The first-order chi connectivity index (χ1) is 10.5. The molecule has 7 heteroatoms. The summed E-state index contributed by atoms with van der Waals surface area (Å²) in [5, 5.41) is 3.47. The Morgan fingerprint density at radius 1 is 1.14 bits per heavy atom. The van der Waals surface area contributed by atoms with E-state index >= 15 is 0 Å². The molecule has 1 atom stereocenters. The van der Waals surface area contributed by atoms with Gasteiger partial charge in [-0.3, -0.25) is 9.59 Å². The highest BCUT2D eigenvalue weighted by Crippen LogP contribution is 2.11. The van der Waals surface area contributed by atoms with Crippen molar-refractivity contribution in [2.24, 2.45) is 5.73 Å². The molecular weight excluding hydrogens is 325 g/mol. The first-order valence-corrected chi connectivity index (χ1v) is 7.17. The van der Waals surface area contributed by atoms with Gasteiger partial charge in [0.25, 0.3) is 5.91 Å². The molecule has 3 N–H and O–H groups in total. The summed E-state index contributed by atoms with van der Waals surface area (Å²) in [6.07, 6.45) is 1.77. The van der Waals surface area contributed by atoms with Gasteiger partial charge in [-0.15, -0.1) is 0 Å². The minimum Gasteiger partial charge on any atom is -0.368 e. The summed E-state index contributed by atoms with van der Waals surface area (Å²) in [5.41, 5.74) is 6.48. The predicted octanol–water partition coefficient (Wildman–Crippen LogP) is 2.21. The minimum atomic E-state index is -0.842. The van der Waals surface area contributed by atoms with E-state index in [4.69, 9.17) is 28.9 Å². The van der Waals surface area contributed by atoms with Crippen molar-refractivity contribution in [2.75, 3.05) is 0 Å². The Labute approximate surface area is 137 Å². The van der Waals surface area contributed by atoms with Crippen molar-refractivity contribution in [1.82, 2.24) is 10.3 Å². The quantitative estimate of drug-likeness (QED) is 0.820. The molecule has 0 aliphatic heterocycles. The molecule has 0 aliphatic carbocycles. The smallest absolute Gasteiger partial charge is 0.251 e. The second kappa shape index (κ2) is 7.24. The number of nitrogens with one attached hydrogen (secondary N) is 1. The zero-order chi connectivity index (χ0) is 16.1. The van der Waals surface area contributed by atoms with Gasteiger partial charge in [0.1, 0.15) is 11.2 Å². The standard InChI is InChI=1S/C15H13Cl2N3O2/c16-11-4-2-10(3-5-11)15(22)20-12(14(18)21)7-9-1-6-13(17)19-8-9/h1-6,8,12H,7H2,(H2,18,21)(H,20,22)/t12-/m0/s1. The number of carbonyl (C=O) groups excluding carboxylic acids is 2. The monoisotopic (exact) mass is 337 g/mol. The number of benzene rings is 1. The lowest BCUT2D eigenvalue weighted by Crippen LogP contribution is -2.45. The summed E-state index contributed by atoms with van der Waals surface area (Å²) < 4.78 is 0. The third-order valence-electron chi connectivity index (χ3n) is 2.98. The molecule has 0 aliphatic rings. The topological polar surface area (TPSA) is 85.1 Å². The first kappa shape index (κ1) is 16.3. The van der Waals surface area contributed by atoms with Crippen molar-refractivity contribution in [1.29, 1.82) is 0 Å². The lowest BCUT2D eigenvalue weighted by Gasteiger charge is -2.15. The Kier molecular flexibility index (Phi) is 5.35. The van der Waals surface area contributed by atoms with Crippen LogP contribution in [0, 0.1) is 0 Å². The number of pyridine rings is 1. The molecule has 0 spiro atoms. The number of halogens is 2. The summed E-state index contributed by atoms with van der Waals surface area (Å²) in [5.74, 6) is -1.03. The maximum Gasteiger partial charge on any atom is 0.251 e. The second-order valence-electron chi connectivity index (χ2n) is 4.63. The Balaban J connectivity index is 2.08. The van der Waals surface area contributed by atoms with Gasteiger partial charge in [0, 0.05) is 23.2 Å². The Bertz CT molecular complexity index is 672. The van der Waals surface area contributed by atoms with Crippen LogP contribution in [0.25, 0.3) is 0 Å². The van der Waals surface area contributed by atoms with Gasteiger partial charge in [-0.25, -0.2) is 4.98 Å². The molecule has 0 saturated heterocycles. The fourth-order valence-corrected chi connectivity index (χ4v) is 2.07. The normalized spacial score (nSPS) is 11.7. The van der Waals surface area contributed by atoms with Gasteiger partial charge in [-0.05, 0) is 35.9 Å². The number of carbonyl (C=O) groups is 2. The van der Waals surface area contributed by atoms with E-state index in [1.165, 1.54) is 6.20 Å². The SMILES string of the molecule is NC(=O)[C@H](Cc1ccc(Cl)nc1)NC(=O)c1ccc(Cl)cc1. The van der Waals surface area contributed by atoms with E-state index in [2.05, 4.69) is 10.3 Å². The summed E-state index contributed by atoms with van der Waals surface area (Å²) in [6, 6.07) is 8.82. The number of hydrogen-bond donors (Lipinski definition) is 2. The lowest BCUT2D eigenvalue weighted by atomic mass is 10.1. The number of hydrogen-bond acceptors (Lipinski definition) is 3. The van der Waals surface area contributed by atoms with E-state index in [-0.39, 0.29) is 6.42 Å². The van der Waals surface area contributed by atoms with Crippen molar-refractivity contribution in [3.8, 4) is 0 Å². The Morgan fingerprint density at radius 2 is 1.82 bits per heavy atom. The molecule has 5 nitrogen and oxygen atoms in total. The van der Waals surface area contributed by atoms with Crippen molar-refractivity contribution in [3.63, 3.8) is 0 Å². The number of primary amides is 1. The summed E-state index contributed by atoms with van der Waals surface area (Å²) >= 11 is 11.5. The molecule has 1 aromatic heterocycles. The minimum absolute atomic E-state index is 0.235. The maximum absolute atomic E-state index is 12.1. The van der Waals surface area contributed by atoms with Gasteiger partial charge in [-0.2, -0.15) is 0 Å². The summed E-state index contributed by atoms with van der Waals surface area (Å²) in [6.45, 7) is 0. The average Bonchev–Trinajstić information content (AvgIpc) is 2.49. The van der Waals surface area contributed by atoms with Gasteiger partial charge in [0.2, 0.25) is 5.91 Å². The molecule has 0 bridgehead atoms. The molecule has 0 saturated carbocycles. The first-order valence-electron chi connectivity index (χ1n) is 6.42. The Morgan fingerprint density at radius 3 is 2.36 bits per heavy atom. The number of aromatic nitrogens is 1. The third kappa shape index (κ3) is 4.44. The molecule has 0 fully saturated rings. The summed E-state index contributed by atoms with van der Waals surface area (Å²) in [4.78, 5) is 27.6. The molecule has 1 aromatic carbocycles. The molecule has 114 valence electrons. The fraction of sp³-hybridized carbons (Fsp3) is 0.133. The van der Waals surface area contributed by atoms with E-state index < -0.39 is 17.9 Å². The van der Waals surface area contributed by atoms with Crippen LogP contribution in [0.3, 0.4) is 0 Å². The van der Waals surface area contributed by atoms with Gasteiger partial charge >= 0.3 is 0 Å². The van der Waals surface area contributed by atoms with Gasteiger partial charge in [0.05, 0.1) is 0 Å². The van der Waals surface area contributed by atoms with Gasteiger partial charge < -0.3 is 11.1 Å². The van der Waals surface area contributed by atoms with Crippen molar-refractivity contribution in [3.05, 3.63) is 63.9 Å². The van der Waals surface area contributed by atoms with Crippen LogP contribution in [0.2, 0.25) is 10.2 Å². The molecule has 22 heavy (non-hydrogen) atoms. The second-order valence-corrected chi connectivity index (χ2v) is 5.45. The zero-order valence-corrected chi connectivity index (χ0v) is 12.9. The Hall–Kier alpha value is -2.11. The average molecular weight is 338 g/mol. The molecule has 2 amide bonds. The number of nitrogens with two attached hydrogens (primary N) is 1. The van der Waals surface area contributed by atoms with Gasteiger partial charge in [-0.1, -0.05) is 29.3 Å². The van der Waals surface area contributed by atoms with Crippen molar-refractivity contribution in [2.45, 2.75) is 12.5 Å². The van der Waals surface area contributed by atoms with Crippen LogP contribution in [0.15, 0.2) is 42.6 Å². The fourth-order valence-electron chi connectivity index (χ4n) is 1.83. The number of nitrogens with zero attached hydrogens (tertiary/aromatic N) is 1. The van der Waals surface area contributed by atoms with Crippen molar-refractivity contribution >= 4 is 35.0 Å². The van der Waals surface area contributed by atoms with Crippen LogP contribution in [0.1, 0.15) is 15.9 Å². The lowest BCUT2D eigenvalue weighted by molar-refractivity contribution is -0.119. The number of amides is 2. The highest BCUT2D eigenvalue weighted by Gasteiger charge is 2.19. The van der Waals surface area contributed by atoms with Crippen molar-refractivity contribution < 1.29 is 9.59 Å². The van der Waals surface area contributed by atoms with Crippen LogP contribution >= 0.6 is 23.2 Å². The van der Waals surface area contributed by atoms with E-state index in [0.717, 1.165) is 5.56 Å². The van der Waals surface area contributed by atoms with Gasteiger partial charge in [0.15, 0.2) is 0 Å². The van der Waals surface area contributed by atoms with E-state index in [1.807, 2.05) is 0 Å².